The van der Waals surface area contributed by atoms with E-state index in [1.54, 1.807) is 0 Å². The van der Waals surface area contributed by atoms with E-state index in [1.807, 2.05) is 30.3 Å². The number of allylic oxidation sites excluding steroid dienone is 2. The summed E-state index contributed by atoms with van der Waals surface area (Å²) in [6, 6.07) is 61.7. The first-order valence-corrected chi connectivity index (χ1v) is 17.7. The molecule has 8 aromatic rings. The molecule has 0 bridgehead atoms. The number of aromatic hydroxyl groups is 1. The van der Waals surface area contributed by atoms with E-state index in [-0.39, 0.29) is 0 Å². The molecule has 0 saturated heterocycles. The Kier molecular flexibility index (Phi) is 7.87. The van der Waals surface area contributed by atoms with Crippen LogP contribution in [0.1, 0.15) is 33.4 Å². The van der Waals surface area contributed by atoms with E-state index in [0.29, 0.717) is 5.75 Å². The maximum Gasteiger partial charge on any atom is 0.124 e. The molecule has 0 spiro atoms. The summed E-state index contributed by atoms with van der Waals surface area (Å²) in [4.78, 5) is 0. The highest BCUT2D eigenvalue weighted by molar-refractivity contribution is 6.10. The molecule has 242 valence electrons. The largest absolute Gasteiger partial charge is 0.507 e. The van der Waals surface area contributed by atoms with Gasteiger partial charge in [0.2, 0.25) is 0 Å². The van der Waals surface area contributed by atoms with E-state index in [2.05, 4.69) is 158 Å². The fraction of sp³-hybridized carbons (Fsp3) is 0.0400. The summed E-state index contributed by atoms with van der Waals surface area (Å²) in [5.41, 5.74) is 14.9. The molecular weight excluding hydrogens is 617 g/mol. The molecule has 0 unspecified atom stereocenters. The van der Waals surface area contributed by atoms with Gasteiger partial charge in [-0.2, -0.15) is 0 Å². The highest BCUT2D eigenvalue weighted by Crippen LogP contribution is 2.44. The molecule has 0 saturated carbocycles. The van der Waals surface area contributed by atoms with Crippen molar-refractivity contribution in [2.24, 2.45) is 0 Å². The Bertz CT molecular complexity index is 2600. The van der Waals surface area contributed by atoms with Gasteiger partial charge in [0.25, 0.3) is 0 Å². The molecule has 0 amide bonds. The van der Waals surface area contributed by atoms with Gasteiger partial charge >= 0.3 is 0 Å². The van der Waals surface area contributed by atoms with Gasteiger partial charge in [0.05, 0.1) is 0 Å². The summed E-state index contributed by atoms with van der Waals surface area (Å²) in [6.07, 6.45) is 6.38. The van der Waals surface area contributed by atoms with Crippen molar-refractivity contribution >= 4 is 44.8 Å². The molecular formula is C50H36O. The van der Waals surface area contributed by atoms with E-state index < -0.39 is 0 Å². The van der Waals surface area contributed by atoms with Crippen molar-refractivity contribution < 1.29 is 5.11 Å². The van der Waals surface area contributed by atoms with Crippen LogP contribution in [0.4, 0.5) is 0 Å². The smallest absolute Gasteiger partial charge is 0.124 e. The predicted molar refractivity (Wildman–Crippen MR) is 216 cm³/mol. The van der Waals surface area contributed by atoms with Crippen molar-refractivity contribution in [3.8, 4) is 28.0 Å². The average molecular weight is 653 g/mol. The van der Waals surface area contributed by atoms with Gasteiger partial charge in [0, 0.05) is 5.56 Å². The van der Waals surface area contributed by atoms with Crippen LogP contribution >= 0.6 is 0 Å². The summed E-state index contributed by atoms with van der Waals surface area (Å²) in [5, 5.41) is 16.0. The molecule has 0 aromatic heterocycles. The van der Waals surface area contributed by atoms with Crippen LogP contribution in [0.15, 0.2) is 176 Å². The minimum Gasteiger partial charge on any atom is -0.507 e. The summed E-state index contributed by atoms with van der Waals surface area (Å²) in [7, 11) is 0. The standard InChI is InChI=1S/C25H18O.C25H18/c26-24-16-22(18-10-5-2-6-11-18)21-13-7-12-19-14-20(15-23(24)25(19)21)17-8-3-1-4-9-17;1-3-8-18(9-4-1)22-16-20-12-7-13-24-23(19-10-5-2-6-11-19)15-14-21(17-22)25(20)24/h1-13,15-16,26H,14H2;1-15,17H,16H2. The maximum atomic E-state index is 10.8. The number of hydrogen-bond acceptors (Lipinski definition) is 1. The monoisotopic (exact) mass is 652 g/mol. The highest BCUT2D eigenvalue weighted by atomic mass is 16.3. The van der Waals surface area contributed by atoms with Crippen LogP contribution < -0.4 is 0 Å². The van der Waals surface area contributed by atoms with Crippen molar-refractivity contribution in [2.45, 2.75) is 12.8 Å². The van der Waals surface area contributed by atoms with E-state index >= 15 is 0 Å². The molecule has 0 atom stereocenters. The quantitative estimate of drug-likeness (QED) is 0.201. The van der Waals surface area contributed by atoms with Gasteiger partial charge < -0.3 is 5.11 Å². The highest BCUT2D eigenvalue weighted by Gasteiger charge is 2.20. The van der Waals surface area contributed by atoms with Crippen LogP contribution in [0.2, 0.25) is 0 Å². The van der Waals surface area contributed by atoms with E-state index in [9.17, 15) is 5.11 Å². The van der Waals surface area contributed by atoms with Crippen molar-refractivity contribution in [3.63, 3.8) is 0 Å². The van der Waals surface area contributed by atoms with Crippen LogP contribution in [-0.4, -0.2) is 5.11 Å². The summed E-state index contributed by atoms with van der Waals surface area (Å²) in [5.74, 6) is 0.344. The summed E-state index contributed by atoms with van der Waals surface area (Å²) < 4.78 is 0. The van der Waals surface area contributed by atoms with Crippen LogP contribution in [0.3, 0.4) is 0 Å². The Morgan fingerprint density at radius 3 is 1.41 bits per heavy atom. The Morgan fingerprint density at radius 1 is 0.373 bits per heavy atom. The molecule has 0 aliphatic heterocycles. The number of benzene rings is 8. The third-order valence-corrected chi connectivity index (χ3v) is 10.3. The fourth-order valence-electron chi connectivity index (χ4n) is 7.91. The van der Waals surface area contributed by atoms with Gasteiger partial charge in [-0.05, 0) is 108 Å². The minimum atomic E-state index is 0.344. The van der Waals surface area contributed by atoms with Gasteiger partial charge in [-0.15, -0.1) is 0 Å². The van der Waals surface area contributed by atoms with Crippen LogP contribution in [0.25, 0.3) is 67.1 Å². The number of hydrogen-bond donors (Lipinski definition) is 1. The first-order valence-electron chi connectivity index (χ1n) is 17.7. The lowest BCUT2D eigenvalue weighted by Gasteiger charge is -2.21. The van der Waals surface area contributed by atoms with Crippen molar-refractivity contribution in [2.75, 3.05) is 0 Å². The number of phenols is 1. The van der Waals surface area contributed by atoms with Gasteiger partial charge in [0.15, 0.2) is 0 Å². The lowest BCUT2D eigenvalue weighted by Crippen LogP contribution is -2.00. The molecule has 0 radical (unpaired) electrons. The fourth-order valence-corrected chi connectivity index (χ4v) is 7.91. The molecule has 0 fully saturated rings. The second kappa shape index (κ2) is 13.1. The summed E-state index contributed by atoms with van der Waals surface area (Å²) >= 11 is 0. The third kappa shape index (κ3) is 5.73. The number of rotatable bonds is 4. The lowest BCUT2D eigenvalue weighted by molar-refractivity contribution is 0.475. The Balaban J connectivity index is 0.000000137. The van der Waals surface area contributed by atoms with Gasteiger partial charge in [0.1, 0.15) is 5.75 Å². The first kappa shape index (κ1) is 30.6. The molecule has 10 rings (SSSR count). The van der Waals surface area contributed by atoms with Gasteiger partial charge in [-0.1, -0.05) is 176 Å². The van der Waals surface area contributed by atoms with Crippen molar-refractivity contribution in [3.05, 3.63) is 209 Å². The predicted octanol–water partition coefficient (Wildman–Crippen LogP) is 12.9. The van der Waals surface area contributed by atoms with Crippen molar-refractivity contribution in [1.29, 1.82) is 0 Å². The van der Waals surface area contributed by atoms with Crippen LogP contribution in [0, 0.1) is 0 Å². The van der Waals surface area contributed by atoms with Crippen LogP contribution in [0.5, 0.6) is 5.75 Å². The zero-order valence-electron chi connectivity index (χ0n) is 28.3. The molecule has 0 heterocycles. The lowest BCUT2D eigenvalue weighted by atomic mass is 9.83. The van der Waals surface area contributed by atoms with Gasteiger partial charge in [-0.25, -0.2) is 0 Å². The molecule has 1 N–H and O–H groups in total. The molecule has 8 aromatic carbocycles. The molecule has 51 heavy (non-hydrogen) atoms. The van der Waals surface area contributed by atoms with Crippen LogP contribution in [-0.2, 0) is 12.8 Å². The Morgan fingerprint density at radius 2 is 0.843 bits per heavy atom. The first-order chi connectivity index (χ1) is 25.2. The maximum absolute atomic E-state index is 10.8. The summed E-state index contributed by atoms with van der Waals surface area (Å²) in [6.45, 7) is 0. The van der Waals surface area contributed by atoms with Crippen molar-refractivity contribution in [1.82, 2.24) is 0 Å². The molecule has 2 aliphatic carbocycles. The normalized spacial score (nSPS) is 12.9. The van der Waals surface area contributed by atoms with E-state index in [1.165, 1.54) is 71.6 Å². The molecule has 1 nitrogen and oxygen atoms in total. The second-order valence-corrected chi connectivity index (χ2v) is 13.4. The van der Waals surface area contributed by atoms with Gasteiger partial charge in [-0.3, -0.25) is 0 Å². The second-order valence-electron chi connectivity index (χ2n) is 13.4. The Hall–Kier alpha value is -6.44. The minimum absolute atomic E-state index is 0.344. The number of phenolic OH excluding ortho intramolecular Hbond substituents is 1. The molecule has 2 aliphatic rings. The molecule has 1 heteroatoms. The zero-order chi connectivity index (χ0) is 34.1. The Labute approximate surface area is 299 Å². The zero-order valence-corrected chi connectivity index (χ0v) is 28.3. The topological polar surface area (TPSA) is 20.2 Å². The third-order valence-electron chi connectivity index (χ3n) is 10.3. The van der Waals surface area contributed by atoms with E-state index in [0.717, 1.165) is 29.5 Å². The van der Waals surface area contributed by atoms with E-state index in [4.69, 9.17) is 0 Å². The SMILES string of the molecule is C1=C(c2ccccc2)Cc2cccc3c(-c4ccccc4)ccc1c23.Oc1cc(-c2ccccc2)c2cccc3c2c1C=C(c1ccccc1)C3. The average Bonchev–Trinajstić information content (AvgIpc) is 3.21.